The Balaban J connectivity index is 1.71. The number of para-hydroxylation sites is 2. The standard InChI is InChI=1S/C23H25N3O3S/c1-4-19(22(28)26-21-15(2)9-8-10-16(21)3)30-23-24-17(13-20(27)25-23)14-29-18-11-6-5-7-12-18/h5-13,19H,4,14H2,1-3H3,(H,26,28)(H,24,25,27). The van der Waals surface area contributed by atoms with Gasteiger partial charge in [-0.15, -0.1) is 0 Å². The molecule has 1 heterocycles. The second-order valence-corrected chi connectivity index (χ2v) is 8.11. The SMILES string of the molecule is CCC(Sc1nc(COc2ccccc2)cc(=O)[nH]1)C(=O)Nc1c(C)cccc1C. The van der Waals surface area contributed by atoms with Gasteiger partial charge >= 0.3 is 0 Å². The Labute approximate surface area is 180 Å². The van der Waals surface area contributed by atoms with Gasteiger partial charge in [0.05, 0.1) is 10.9 Å². The van der Waals surface area contributed by atoms with E-state index in [1.807, 2.05) is 69.3 Å². The zero-order valence-corrected chi connectivity index (χ0v) is 18.1. The molecule has 30 heavy (non-hydrogen) atoms. The number of aromatic nitrogens is 2. The highest BCUT2D eigenvalue weighted by molar-refractivity contribution is 8.00. The molecule has 2 aromatic carbocycles. The molecule has 1 amide bonds. The molecule has 2 N–H and O–H groups in total. The molecule has 1 unspecified atom stereocenters. The predicted octanol–water partition coefficient (Wildman–Crippen LogP) is 4.48. The van der Waals surface area contributed by atoms with Crippen molar-refractivity contribution in [2.75, 3.05) is 5.32 Å². The van der Waals surface area contributed by atoms with Crippen LogP contribution in [0, 0.1) is 13.8 Å². The van der Waals surface area contributed by atoms with Crippen molar-refractivity contribution < 1.29 is 9.53 Å². The van der Waals surface area contributed by atoms with Gasteiger partial charge in [-0.2, -0.15) is 0 Å². The number of carbonyl (C=O) groups is 1. The first kappa shape index (κ1) is 21.6. The van der Waals surface area contributed by atoms with E-state index in [9.17, 15) is 9.59 Å². The first-order valence-corrected chi connectivity index (χ1v) is 10.7. The van der Waals surface area contributed by atoms with Crippen LogP contribution in [0.1, 0.15) is 30.2 Å². The van der Waals surface area contributed by atoms with E-state index >= 15 is 0 Å². The number of ether oxygens (including phenoxy) is 1. The maximum absolute atomic E-state index is 12.9. The molecule has 6 nitrogen and oxygen atoms in total. The van der Waals surface area contributed by atoms with Crippen molar-refractivity contribution in [2.45, 2.75) is 44.2 Å². The molecule has 7 heteroatoms. The molecule has 0 saturated carbocycles. The molecule has 1 atom stereocenters. The minimum Gasteiger partial charge on any atom is -0.487 e. The third-order valence-corrected chi connectivity index (χ3v) is 5.80. The monoisotopic (exact) mass is 423 g/mol. The third-order valence-electron chi connectivity index (χ3n) is 4.55. The molecule has 0 bridgehead atoms. The van der Waals surface area contributed by atoms with E-state index in [4.69, 9.17) is 4.74 Å². The molecule has 3 aromatic rings. The minimum absolute atomic E-state index is 0.117. The number of hydrogen-bond donors (Lipinski definition) is 2. The number of nitrogens with zero attached hydrogens (tertiary/aromatic N) is 1. The van der Waals surface area contributed by atoms with Gasteiger partial charge in [-0.25, -0.2) is 4.98 Å². The van der Waals surface area contributed by atoms with Crippen molar-refractivity contribution in [1.29, 1.82) is 0 Å². The van der Waals surface area contributed by atoms with Crippen LogP contribution in [0.3, 0.4) is 0 Å². The lowest BCUT2D eigenvalue weighted by atomic mass is 10.1. The van der Waals surface area contributed by atoms with E-state index < -0.39 is 5.25 Å². The smallest absolute Gasteiger partial charge is 0.251 e. The maximum atomic E-state index is 12.9. The van der Waals surface area contributed by atoms with E-state index in [1.54, 1.807) is 0 Å². The number of aromatic amines is 1. The van der Waals surface area contributed by atoms with Crippen LogP contribution in [0.5, 0.6) is 5.75 Å². The van der Waals surface area contributed by atoms with Crippen molar-refractivity contribution in [3.63, 3.8) is 0 Å². The van der Waals surface area contributed by atoms with Crippen LogP contribution < -0.4 is 15.6 Å². The van der Waals surface area contributed by atoms with Crippen LogP contribution in [0.2, 0.25) is 0 Å². The summed E-state index contributed by atoms with van der Waals surface area (Å²) in [6, 6.07) is 16.6. The molecular weight excluding hydrogens is 398 g/mol. The largest absolute Gasteiger partial charge is 0.487 e. The fraction of sp³-hybridized carbons (Fsp3) is 0.261. The number of nitrogens with one attached hydrogen (secondary N) is 2. The van der Waals surface area contributed by atoms with Crippen molar-refractivity contribution in [1.82, 2.24) is 9.97 Å². The van der Waals surface area contributed by atoms with Gasteiger partial charge in [-0.1, -0.05) is 55.1 Å². The molecule has 0 saturated heterocycles. The van der Waals surface area contributed by atoms with Gasteiger partial charge in [0, 0.05) is 11.8 Å². The van der Waals surface area contributed by atoms with Gasteiger partial charge in [0.2, 0.25) is 5.91 Å². The predicted molar refractivity (Wildman–Crippen MR) is 120 cm³/mol. The van der Waals surface area contributed by atoms with Crippen LogP contribution >= 0.6 is 11.8 Å². The summed E-state index contributed by atoms with van der Waals surface area (Å²) >= 11 is 1.24. The number of aryl methyl sites for hydroxylation is 2. The van der Waals surface area contributed by atoms with Crippen molar-refractivity contribution in [2.24, 2.45) is 0 Å². The molecule has 0 fully saturated rings. The topological polar surface area (TPSA) is 84.1 Å². The normalized spacial score (nSPS) is 11.7. The highest BCUT2D eigenvalue weighted by Gasteiger charge is 2.21. The van der Waals surface area contributed by atoms with Gasteiger partial charge < -0.3 is 15.0 Å². The Morgan fingerprint density at radius 2 is 1.83 bits per heavy atom. The lowest BCUT2D eigenvalue weighted by Crippen LogP contribution is -2.26. The summed E-state index contributed by atoms with van der Waals surface area (Å²) < 4.78 is 5.68. The number of hydrogen-bond acceptors (Lipinski definition) is 5. The Kier molecular flexibility index (Phi) is 7.30. The second-order valence-electron chi connectivity index (χ2n) is 6.91. The summed E-state index contributed by atoms with van der Waals surface area (Å²) in [5, 5.41) is 3.03. The first-order chi connectivity index (χ1) is 14.5. The van der Waals surface area contributed by atoms with Crippen LogP contribution in [0.15, 0.2) is 64.5 Å². The van der Waals surface area contributed by atoms with E-state index in [0.717, 1.165) is 16.8 Å². The summed E-state index contributed by atoms with van der Waals surface area (Å²) in [5.41, 5.74) is 3.08. The minimum atomic E-state index is -0.391. The Bertz CT molecular complexity index is 1050. The number of amides is 1. The second kappa shape index (κ2) is 10.1. The Hall–Kier alpha value is -3.06. The van der Waals surface area contributed by atoms with Crippen molar-refractivity contribution >= 4 is 23.4 Å². The third kappa shape index (κ3) is 5.73. The average Bonchev–Trinajstić information content (AvgIpc) is 2.73. The van der Waals surface area contributed by atoms with E-state index in [-0.39, 0.29) is 18.1 Å². The van der Waals surface area contributed by atoms with Gasteiger partial charge in [-0.3, -0.25) is 9.59 Å². The van der Waals surface area contributed by atoms with E-state index in [2.05, 4.69) is 15.3 Å². The molecule has 0 aliphatic rings. The maximum Gasteiger partial charge on any atom is 0.251 e. The van der Waals surface area contributed by atoms with Gasteiger partial charge in [0.15, 0.2) is 5.16 Å². The highest BCUT2D eigenvalue weighted by atomic mass is 32.2. The zero-order valence-electron chi connectivity index (χ0n) is 17.3. The molecule has 1 aromatic heterocycles. The number of H-pyrrole nitrogens is 1. The molecule has 0 spiro atoms. The van der Waals surface area contributed by atoms with Crippen LogP contribution in [0.25, 0.3) is 0 Å². The zero-order chi connectivity index (χ0) is 21.5. The molecule has 3 rings (SSSR count). The Morgan fingerprint density at radius 1 is 1.13 bits per heavy atom. The van der Waals surface area contributed by atoms with Crippen molar-refractivity contribution in [3.05, 3.63) is 81.8 Å². The number of benzene rings is 2. The lowest BCUT2D eigenvalue weighted by Gasteiger charge is -2.17. The molecular formula is C23H25N3O3S. The number of carbonyl (C=O) groups excluding carboxylic acids is 1. The summed E-state index contributed by atoms with van der Waals surface area (Å²) in [7, 11) is 0. The molecule has 0 aliphatic carbocycles. The molecule has 0 radical (unpaired) electrons. The summed E-state index contributed by atoms with van der Waals surface area (Å²) in [5.74, 6) is 0.585. The van der Waals surface area contributed by atoms with Gasteiger partial charge in [-0.05, 0) is 43.5 Å². The first-order valence-electron chi connectivity index (χ1n) is 9.78. The van der Waals surface area contributed by atoms with Gasteiger partial charge in [0.1, 0.15) is 12.4 Å². The van der Waals surface area contributed by atoms with Crippen LogP contribution in [-0.2, 0) is 11.4 Å². The summed E-state index contributed by atoms with van der Waals surface area (Å²) in [4.78, 5) is 32.1. The number of rotatable bonds is 8. The van der Waals surface area contributed by atoms with Crippen LogP contribution in [-0.4, -0.2) is 21.1 Å². The fourth-order valence-corrected chi connectivity index (χ4v) is 3.89. The quantitative estimate of drug-likeness (QED) is 0.412. The summed E-state index contributed by atoms with van der Waals surface area (Å²) in [6.07, 6.45) is 0.593. The molecule has 156 valence electrons. The van der Waals surface area contributed by atoms with E-state index in [1.165, 1.54) is 17.8 Å². The van der Waals surface area contributed by atoms with E-state index in [0.29, 0.717) is 23.0 Å². The number of thioether (sulfide) groups is 1. The lowest BCUT2D eigenvalue weighted by molar-refractivity contribution is -0.115. The fourth-order valence-electron chi connectivity index (χ4n) is 2.96. The number of anilines is 1. The molecule has 0 aliphatic heterocycles. The average molecular weight is 424 g/mol. The highest BCUT2D eigenvalue weighted by Crippen LogP contribution is 2.25. The summed E-state index contributed by atoms with van der Waals surface area (Å²) in [6.45, 7) is 6.03. The Morgan fingerprint density at radius 3 is 2.50 bits per heavy atom. The van der Waals surface area contributed by atoms with Crippen LogP contribution in [0.4, 0.5) is 5.69 Å². The van der Waals surface area contributed by atoms with Crippen molar-refractivity contribution in [3.8, 4) is 5.75 Å². The van der Waals surface area contributed by atoms with Gasteiger partial charge in [0.25, 0.3) is 5.56 Å².